The van der Waals surface area contributed by atoms with Crippen molar-refractivity contribution in [2.45, 2.75) is 19.8 Å². The van der Waals surface area contributed by atoms with E-state index in [1.165, 1.54) is 10.6 Å². The van der Waals surface area contributed by atoms with E-state index >= 15 is 0 Å². The van der Waals surface area contributed by atoms with Gasteiger partial charge in [0.05, 0.1) is 10.7 Å². The molecule has 90 valence electrons. The van der Waals surface area contributed by atoms with E-state index in [2.05, 4.69) is 29.4 Å². The molecule has 0 amide bonds. The second kappa shape index (κ2) is 6.18. The summed E-state index contributed by atoms with van der Waals surface area (Å²) in [6.07, 6.45) is 2.15. The van der Waals surface area contributed by atoms with Crippen molar-refractivity contribution in [3.8, 4) is 11.3 Å². The average Bonchev–Trinajstić information content (AvgIpc) is 2.86. The molecule has 0 saturated heterocycles. The van der Waals surface area contributed by atoms with Gasteiger partial charge in [-0.1, -0.05) is 37.3 Å². The molecule has 1 atom stereocenters. The molecule has 1 nitrogen and oxygen atoms in total. The Morgan fingerprint density at radius 3 is 2.76 bits per heavy atom. The zero-order valence-corrected chi connectivity index (χ0v) is 11.5. The molecule has 0 fully saturated rings. The van der Waals surface area contributed by atoms with Crippen LogP contribution in [0.3, 0.4) is 0 Å². The van der Waals surface area contributed by atoms with Gasteiger partial charge in [-0.25, -0.2) is 4.98 Å². The van der Waals surface area contributed by atoms with Crippen LogP contribution in [0.1, 0.15) is 18.4 Å². The number of thiazole rings is 1. The molecule has 0 bridgehead atoms. The second-order valence-corrected chi connectivity index (χ2v) is 5.54. The quantitative estimate of drug-likeness (QED) is 0.719. The zero-order chi connectivity index (χ0) is 12.1. The molecule has 3 heteroatoms. The predicted octanol–water partition coefficient (Wildman–Crippen LogP) is 4.62. The fraction of sp³-hybridized carbons (Fsp3) is 0.357. The van der Waals surface area contributed by atoms with Gasteiger partial charge in [0.25, 0.3) is 0 Å². The lowest BCUT2D eigenvalue weighted by atomic mass is 10.1. The second-order valence-electron chi connectivity index (χ2n) is 4.29. The summed E-state index contributed by atoms with van der Waals surface area (Å²) in [5, 5.41) is 3.34. The number of benzene rings is 1. The van der Waals surface area contributed by atoms with E-state index < -0.39 is 0 Å². The molecule has 0 radical (unpaired) electrons. The highest BCUT2D eigenvalue weighted by molar-refractivity contribution is 7.09. The minimum atomic E-state index is 0.570. The van der Waals surface area contributed by atoms with Gasteiger partial charge in [0, 0.05) is 16.8 Å². The summed E-state index contributed by atoms with van der Waals surface area (Å²) in [6.45, 7) is 2.18. The summed E-state index contributed by atoms with van der Waals surface area (Å²) in [5.74, 6) is 1.30. The third kappa shape index (κ3) is 3.55. The summed E-state index contributed by atoms with van der Waals surface area (Å²) < 4.78 is 0. The van der Waals surface area contributed by atoms with Crippen LogP contribution in [0.5, 0.6) is 0 Å². The SMILES string of the molecule is CC(CCl)CCc1nc(-c2ccccc2)cs1. The zero-order valence-electron chi connectivity index (χ0n) is 9.90. The first-order valence-corrected chi connectivity index (χ1v) is 7.27. The number of alkyl halides is 1. The van der Waals surface area contributed by atoms with Crippen molar-refractivity contribution in [2.24, 2.45) is 5.92 Å². The fourth-order valence-corrected chi connectivity index (χ4v) is 2.59. The largest absolute Gasteiger partial charge is 0.241 e. The van der Waals surface area contributed by atoms with Crippen molar-refractivity contribution < 1.29 is 0 Å². The number of nitrogens with zero attached hydrogens (tertiary/aromatic N) is 1. The van der Waals surface area contributed by atoms with Gasteiger partial charge in [0.1, 0.15) is 0 Å². The molecule has 2 aromatic rings. The van der Waals surface area contributed by atoms with Gasteiger partial charge in [-0.15, -0.1) is 22.9 Å². The topological polar surface area (TPSA) is 12.9 Å². The fourth-order valence-electron chi connectivity index (χ4n) is 1.61. The van der Waals surface area contributed by atoms with Gasteiger partial charge >= 0.3 is 0 Å². The molecule has 1 heterocycles. The maximum absolute atomic E-state index is 5.80. The molecule has 0 aliphatic carbocycles. The third-order valence-corrected chi connectivity index (χ3v) is 4.17. The van der Waals surface area contributed by atoms with Gasteiger partial charge in [0.15, 0.2) is 0 Å². The molecule has 0 aliphatic heterocycles. The van der Waals surface area contributed by atoms with E-state index in [-0.39, 0.29) is 0 Å². The van der Waals surface area contributed by atoms with Gasteiger partial charge in [-0.2, -0.15) is 0 Å². The van der Waals surface area contributed by atoms with E-state index in [9.17, 15) is 0 Å². The number of hydrogen-bond acceptors (Lipinski definition) is 2. The van der Waals surface area contributed by atoms with Crippen LogP contribution in [0.4, 0.5) is 0 Å². The van der Waals surface area contributed by atoms with Crippen molar-refractivity contribution >= 4 is 22.9 Å². The van der Waals surface area contributed by atoms with Crippen LogP contribution in [0.15, 0.2) is 35.7 Å². The Labute approximate surface area is 111 Å². The van der Waals surface area contributed by atoms with Crippen LogP contribution >= 0.6 is 22.9 Å². The van der Waals surface area contributed by atoms with E-state index in [0.29, 0.717) is 5.92 Å². The van der Waals surface area contributed by atoms with Crippen molar-refractivity contribution in [3.05, 3.63) is 40.7 Å². The smallest absolute Gasteiger partial charge is 0.0932 e. The molecule has 0 spiro atoms. The molecule has 1 unspecified atom stereocenters. The first-order chi connectivity index (χ1) is 8.29. The highest BCUT2D eigenvalue weighted by Crippen LogP contribution is 2.23. The number of hydrogen-bond donors (Lipinski definition) is 0. The Hall–Kier alpha value is -0.860. The molecule has 0 aliphatic rings. The summed E-state index contributed by atoms with van der Waals surface area (Å²) in [5.41, 5.74) is 2.28. The predicted molar refractivity (Wildman–Crippen MR) is 75.8 cm³/mol. The Morgan fingerprint density at radius 1 is 1.29 bits per heavy atom. The Morgan fingerprint density at radius 2 is 2.06 bits per heavy atom. The highest BCUT2D eigenvalue weighted by atomic mass is 35.5. The van der Waals surface area contributed by atoms with Crippen LogP contribution < -0.4 is 0 Å². The van der Waals surface area contributed by atoms with Crippen molar-refractivity contribution in [2.75, 3.05) is 5.88 Å². The lowest BCUT2D eigenvalue weighted by molar-refractivity contribution is 0.592. The van der Waals surface area contributed by atoms with Crippen molar-refractivity contribution in [1.82, 2.24) is 4.98 Å². The Balaban J connectivity index is 2.01. The number of aromatic nitrogens is 1. The molecule has 2 rings (SSSR count). The third-order valence-electron chi connectivity index (χ3n) is 2.74. The average molecular weight is 266 g/mol. The summed E-state index contributed by atoms with van der Waals surface area (Å²) >= 11 is 7.54. The first-order valence-electron chi connectivity index (χ1n) is 5.85. The van der Waals surface area contributed by atoms with Gasteiger partial charge in [-0.05, 0) is 18.8 Å². The minimum Gasteiger partial charge on any atom is -0.241 e. The van der Waals surface area contributed by atoms with Crippen LogP contribution in [0, 0.1) is 5.92 Å². The number of halogens is 1. The molecule has 17 heavy (non-hydrogen) atoms. The molecule has 0 saturated carbocycles. The normalized spacial score (nSPS) is 12.6. The molecule has 1 aromatic carbocycles. The maximum atomic E-state index is 5.80. The van der Waals surface area contributed by atoms with Gasteiger partial charge < -0.3 is 0 Å². The van der Waals surface area contributed by atoms with Crippen molar-refractivity contribution in [3.63, 3.8) is 0 Å². The van der Waals surface area contributed by atoms with E-state index in [0.717, 1.165) is 24.4 Å². The Bertz CT molecular complexity index is 452. The maximum Gasteiger partial charge on any atom is 0.0932 e. The van der Waals surface area contributed by atoms with Crippen LogP contribution in [0.2, 0.25) is 0 Å². The number of aryl methyl sites for hydroxylation is 1. The standard InChI is InChI=1S/C14H16ClNS/c1-11(9-15)7-8-14-16-13(10-17-14)12-5-3-2-4-6-12/h2-6,10-11H,7-9H2,1H3. The van der Waals surface area contributed by atoms with Crippen LogP contribution in [0.25, 0.3) is 11.3 Å². The summed E-state index contributed by atoms with van der Waals surface area (Å²) in [4.78, 5) is 4.66. The van der Waals surface area contributed by atoms with E-state index in [1.54, 1.807) is 11.3 Å². The molecule has 1 aromatic heterocycles. The minimum absolute atomic E-state index is 0.570. The van der Waals surface area contributed by atoms with Crippen LogP contribution in [-0.2, 0) is 6.42 Å². The summed E-state index contributed by atoms with van der Waals surface area (Å²) in [7, 11) is 0. The summed E-state index contributed by atoms with van der Waals surface area (Å²) in [6, 6.07) is 10.3. The molecular weight excluding hydrogens is 250 g/mol. The van der Waals surface area contributed by atoms with Gasteiger partial charge in [-0.3, -0.25) is 0 Å². The van der Waals surface area contributed by atoms with E-state index in [4.69, 9.17) is 11.6 Å². The van der Waals surface area contributed by atoms with Crippen LogP contribution in [-0.4, -0.2) is 10.9 Å². The Kier molecular flexibility index (Phi) is 4.57. The first kappa shape index (κ1) is 12.6. The number of rotatable bonds is 5. The lowest BCUT2D eigenvalue weighted by Gasteiger charge is -2.03. The van der Waals surface area contributed by atoms with Gasteiger partial charge in [0.2, 0.25) is 0 Å². The molecule has 0 N–H and O–H groups in total. The molecular formula is C14H16ClNS. The van der Waals surface area contributed by atoms with Crippen molar-refractivity contribution in [1.29, 1.82) is 0 Å². The monoisotopic (exact) mass is 265 g/mol. The highest BCUT2D eigenvalue weighted by Gasteiger charge is 2.06. The van der Waals surface area contributed by atoms with E-state index in [1.807, 2.05) is 18.2 Å². The lowest BCUT2D eigenvalue weighted by Crippen LogP contribution is -1.98.